The summed E-state index contributed by atoms with van der Waals surface area (Å²) in [7, 11) is 1.70. The first-order valence-corrected chi connectivity index (χ1v) is 9.15. The van der Waals surface area contributed by atoms with Crippen molar-refractivity contribution in [2.75, 3.05) is 25.1 Å². The van der Waals surface area contributed by atoms with Crippen LogP contribution in [0.2, 0.25) is 0 Å². The Hall–Kier alpha value is -1.81. The molecule has 24 heavy (non-hydrogen) atoms. The highest BCUT2D eigenvalue weighted by Gasteiger charge is 2.75. The van der Waals surface area contributed by atoms with Gasteiger partial charge in [-0.05, 0) is 36.8 Å². The normalized spacial score (nSPS) is 41.4. The van der Waals surface area contributed by atoms with Gasteiger partial charge in [0, 0.05) is 36.9 Å². The molecule has 124 valence electrons. The molecule has 0 N–H and O–H groups in total. The van der Waals surface area contributed by atoms with Crippen LogP contribution in [-0.4, -0.2) is 36.7 Å². The van der Waals surface area contributed by atoms with Crippen molar-refractivity contribution >= 4 is 11.6 Å². The van der Waals surface area contributed by atoms with Gasteiger partial charge in [-0.15, -0.1) is 0 Å². The minimum Gasteiger partial charge on any atom is -0.497 e. The zero-order valence-corrected chi connectivity index (χ0v) is 14.0. The molecule has 1 saturated carbocycles. The largest absolute Gasteiger partial charge is 0.497 e. The Bertz CT molecular complexity index is 803. The van der Waals surface area contributed by atoms with Crippen molar-refractivity contribution in [2.45, 2.75) is 37.3 Å². The Kier molecular flexibility index (Phi) is 2.27. The number of nitrogens with zero attached hydrogens (tertiary/aromatic N) is 2. The highest BCUT2D eigenvalue weighted by Crippen LogP contribution is 2.71. The van der Waals surface area contributed by atoms with Crippen LogP contribution < -0.4 is 9.64 Å². The van der Waals surface area contributed by atoms with Crippen LogP contribution in [0, 0.1) is 11.3 Å². The van der Waals surface area contributed by atoms with Gasteiger partial charge in [-0.2, -0.15) is 0 Å². The number of hydrogen-bond acceptors (Lipinski definition) is 3. The number of benzene rings is 1. The Morgan fingerprint density at radius 2 is 2.21 bits per heavy atom. The van der Waals surface area contributed by atoms with Gasteiger partial charge in [-0.3, -0.25) is 14.6 Å². The molecule has 0 aromatic heterocycles. The second kappa shape index (κ2) is 4.05. The highest BCUT2D eigenvalue weighted by atomic mass is 16.5. The van der Waals surface area contributed by atoms with Crippen LogP contribution in [0.25, 0.3) is 0 Å². The predicted octanol–water partition coefficient (Wildman–Crippen LogP) is 2.90. The molecule has 1 spiro atoms. The lowest BCUT2D eigenvalue weighted by Crippen LogP contribution is -2.72. The molecule has 4 aliphatic heterocycles. The summed E-state index contributed by atoms with van der Waals surface area (Å²) in [5, 5.41) is 0. The molecule has 6 rings (SSSR count). The second-order valence-corrected chi connectivity index (χ2v) is 8.10. The number of anilines is 1. The number of amides is 1. The third kappa shape index (κ3) is 1.19. The third-order valence-corrected chi connectivity index (χ3v) is 7.53. The molecule has 1 aromatic rings. The van der Waals surface area contributed by atoms with Crippen molar-refractivity contribution in [3.05, 3.63) is 35.9 Å². The van der Waals surface area contributed by atoms with E-state index in [1.807, 2.05) is 0 Å². The van der Waals surface area contributed by atoms with Gasteiger partial charge in [0.2, 0.25) is 5.91 Å². The van der Waals surface area contributed by atoms with E-state index in [1.54, 1.807) is 7.11 Å². The maximum Gasteiger partial charge on any atom is 0.229 e. The fraction of sp³-hybridized carbons (Fsp3) is 0.550. The Balaban J connectivity index is 1.69. The number of methoxy groups -OCH3 is 1. The minimum absolute atomic E-state index is 0.0203. The van der Waals surface area contributed by atoms with Crippen LogP contribution in [0.15, 0.2) is 30.4 Å². The van der Waals surface area contributed by atoms with E-state index >= 15 is 0 Å². The summed E-state index contributed by atoms with van der Waals surface area (Å²) in [4.78, 5) is 18.0. The first-order valence-electron chi connectivity index (χ1n) is 9.15. The lowest BCUT2D eigenvalue weighted by Gasteiger charge is -2.63. The molecule has 4 heteroatoms. The smallest absolute Gasteiger partial charge is 0.229 e. The molecule has 4 atom stereocenters. The van der Waals surface area contributed by atoms with Gasteiger partial charge in [-0.1, -0.05) is 18.2 Å². The van der Waals surface area contributed by atoms with E-state index in [-0.39, 0.29) is 11.1 Å². The summed E-state index contributed by atoms with van der Waals surface area (Å²) in [6.45, 7) is 2.08. The highest BCUT2D eigenvalue weighted by molar-refractivity contribution is 6.01. The first kappa shape index (κ1) is 13.5. The fourth-order valence-electron chi connectivity index (χ4n) is 6.90. The van der Waals surface area contributed by atoms with Crippen molar-refractivity contribution in [1.82, 2.24) is 4.90 Å². The number of carbonyl (C=O) groups is 1. The molecule has 4 heterocycles. The first-order chi connectivity index (χ1) is 11.7. The zero-order chi connectivity index (χ0) is 16.1. The van der Waals surface area contributed by atoms with Crippen LogP contribution in [0.4, 0.5) is 5.69 Å². The lowest BCUT2D eigenvalue weighted by atomic mass is 9.63. The van der Waals surface area contributed by atoms with E-state index in [0.717, 1.165) is 30.9 Å². The van der Waals surface area contributed by atoms with Crippen LogP contribution in [0.5, 0.6) is 5.75 Å². The van der Waals surface area contributed by atoms with E-state index < -0.39 is 0 Å². The van der Waals surface area contributed by atoms with Crippen LogP contribution in [-0.2, 0) is 4.79 Å². The molecular formula is C20H22N2O2. The van der Waals surface area contributed by atoms with E-state index in [9.17, 15) is 4.79 Å². The van der Waals surface area contributed by atoms with Gasteiger partial charge in [0.1, 0.15) is 11.4 Å². The maximum atomic E-state index is 13.2. The number of ether oxygens (including phenoxy) is 1. The fourth-order valence-corrected chi connectivity index (χ4v) is 6.90. The number of hydrogen-bond donors (Lipinski definition) is 0. The summed E-state index contributed by atoms with van der Waals surface area (Å²) >= 11 is 0. The van der Waals surface area contributed by atoms with Crippen LogP contribution >= 0.6 is 0 Å². The number of piperidine rings is 1. The zero-order valence-electron chi connectivity index (χ0n) is 14.0. The Morgan fingerprint density at radius 1 is 1.29 bits per heavy atom. The van der Waals surface area contributed by atoms with Gasteiger partial charge in [0.25, 0.3) is 0 Å². The summed E-state index contributed by atoms with van der Waals surface area (Å²) in [5.41, 5.74) is 2.39. The van der Waals surface area contributed by atoms with Crippen LogP contribution in [0.1, 0.15) is 37.2 Å². The van der Waals surface area contributed by atoms with E-state index in [1.165, 1.54) is 18.4 Å². The third-order valence-electron chi connectivity index (χ3n) is 7.53. The van der Waals surface area contributed by atoms with E-state index in [0.29, 0.717) is 24.2 Å². The van der Waals surface area contributed by atoms with E-state index in [2.05, 4.69) is 40.2 Å². The average Bonchev–Trinajstić information content (AvgIpc) is 3.06. The van der Waals surface area contributed by atoms with Crippen molar-refractivity contribution in [1.29, 1.82) is 0 Å². The van der Waals surface area contributed by atoms with Crippen molar-refractivity contribution < 1.29 is 9.53 Å². The number of rotatable bonds is 1. The maximum absolute atomic E-state index is 13.2. The van der Waals surface area contributed by atoms with Gasteiger partial charge in [0.15, 0.2) is 0 Å². The topological polar surface area (TPSA) is 32.8 Å². The molecular weight excluding hydrogens is 300 g/mol. The molecule has 2 saturated heterocycles. The molecule has 3 fully saturated rings. The average molecular weight is 322 g/mol. The molecule has 5 aliphatic rings. The Labute approximate surface area is 142 Å². The van der Waals surface area contributed by atoms with Crippen molar-refractivity contribution in [3.8, 4) is 5.75 Å². The molecule has 1 amide bonds. The lowest BCUT2D eigenvalue weighted by molar-refractivity contribution is -0.119. The molecule has 1 aromatic carbocycles. The quantitative estimate of drug-likeness (QED) is 0.745. The Morgan fingerprint density at radius 3 is 3.08 bits per heavy atom. The monoisotopic (exact) mass is 322 g/mol. The predicted molar refractivity (Wildman–Crippen MR) is 91.1 cm³/mol. The second-order valence-electron chi connectivity index (χ2n) is 8.10. The van der Waals surface area contributed by atoms with Crippen molar-refractivity contribution in [3.63, 3.8) is 0 Å². The molecule has 4 nitrogen and oxygen atoms in total. The molecule has 1 aliphatic carbocycles. The summed E-state index contributed by atoms with van der Waals surface area (Å²) in [5.74, 6) is 2.30. The van der Waals surface area contributed by atoms with E-state index in [4.69, 9.17) is 4.74 Å². The van der Waals surface area contributed by atoms with Gasteiger partial charge < -0.3 is 4.74 Å². The molecule has 0 radical (unpaired) electrons. The summed E-state index contributed by atoms with van der Waals surface area (Å²) in [6.07, 6.45) is 8.97. The summed E-state index contributed by atoms with van der Waals surface area (Å²) < 4.78 is 5.48. The summed E-state index contributed by atoms with van der Waals surface area (Å²) in [6, 6.07) is 6.37. The standard InChI is InChI=1S/C20H22N2O2/c1-24-13-3-4-15-14-6-10-21-9-2-7-19-8-5-16(14)20(19,21)22(17(15)11-13)18(23)12-19/h2-4,7,11,14,16H,5-6,8-10,12H2,1H3/t14-,16-,19-,20?/m0/s1. The SMILES string of the molecule is COc1ccc2c(c1)N1C(=O)C[C@]34C=CCN5CC[C@@H]2[C@H](CC3)C514. The minimum atomic E-state index is -0.110. The molecule has 2 bridgehead atoms. The van der Waals surface area contributed by atoms with Crippen LogP contribution in [0.3, 0.4) is 0 Å². The number of carbonyl (C=O) groups excluding carboxylic acids is 1. The number of fused-ring (bicyclic) bond motifs is 3. The van der Waals surface area contributed by atoms with Gasteiger partial charge in [-0.25, -0.2) is 0 Å². The molecule has 1 unspecified atom stereocenters. The van der Waals surface area contributed by atoms with Gasteiger partial charge in [0.05, 0.1) is 12.8 Å². The van der Waals surface area contributed by atoms with Gasteiger partial charge >= 0.3 is 0 Å². The van der Waals surface area contributed by atoms with Crippen molar-refractivity contribution in [2.24, 2.45) is 11.3 Å².